The van der Waals surface area contributed by atoms with Crippen molar-refractivity contribution in [3.05, 3.63) is 48.5 Å². The molecule has 0 saturated heterocycles. The molecular formula is C15H8N2O5. The molecule has 0 unspecified atom stereocenters. The number of ether oxygens (including phenoxy) is 2. The Balaban J connectivity index is 2.18. The molecule has 22 heavy (non-hydrogen) atoms. The summed E-state index contributed by atoms with van der Waals surface area (Å²) >= 11 is 0. The van der Waals surface area contributed by atoms with Crippen LogP contribution in [0.2, 0.25) is 0 Å². The van der Waals surface area contributed by atoms with Gasteiger partial charge in [-0.05, 0) is 24.3 Å². The molecule has 7 heteroatoms. The topological polar surface area (TPSA) is 94.4 Å². The number of carbonyl (C=O) groups excluding carboxylic acids is 3. The molecule has 0 aliphatic rings. The van der Waals surface area contributed by atoms with Gasteiger partial charge in [0.2, 0.25) is 12.2 Å². The van der Waals surface area contributed by atoms with Crippen LogP contribution in [0.15, 0.2) is 58.5 Å². The van der Waals surface area contributed by atoms with Crippen molar-refractivity contribution >= 4 is 29.7 Å². The average Bonchev–Trinajstić information content (AvgIpc) is 2.52. The first-order valence-corrected chi connectivity index (χ1v) is 5.98. The Hall–Kier alpha value is -3.53. The molecule has 0 atom stereocenters. The predicted octanol–water partition coefficient (Wildman–Crippen LogP) is 3.20. The second-order valence-electron chi connectivity index (χ2n) is 3.80. The number of nitrogens with zero attached hydrogens (tertiary/aromatic N) is 2. The van der Waals surface area contributed by atoms with Gasteiger partial charge < -0.3 is 9.47 Å². The van der Waals surface area contributed by atoms with Gasteiger partial charge in [-0.25, -0.2) is 14.4 Å². The largest absolute Gasteiger partial charge is 0.519 e. The van der Waals surface area contributed by atoms with Gasteiger partial charge in [0.15, 0.2) is 11.5 Å². The molecule has 108 valence electrons. The van der Waals surface area contributed by atoms with E-state index in [0.29, 0.717) is 0 Å². The first-order chi connectivity index (χ1) is 10.7. The monoisotopic (exact) mass is 296 g/mol. The average molecular weight is 296 g/mol. The van der Waals surface area contributed by atoms with Crippen molar-refractivity contribution in [3.8, 4) is 11.5 Å². The fraction of sp³-hybridized carbons (Fsp3) is 0. The number of hydrogen-bond donors (Lipinski definition) is 0. The third-order valence-electron chi connectivity index (χ3n) is 2.45. The summed E-state index contributed by atoms with van der Waals surface area (Å²) < 4.78 is 9.92. The zero-order valence-electron chi connectivity index (χ0n) is 11.1. The van der Waals surface area contributed by atoms with Crippen molar-refractivity contribution in [2.24, 2.45) is 9.98 Å². The Labute approximate surface area is 124 Å². The Bertz CT molecular complexity index is 725. The van der Waals surface area contributed by atoms with E-state index in [-0.39, 0.29) is 22.9 Å². The highest BCUT2D eigenvalue weighted by atomic mass is 16.7. The maximum absolute atomic E-state index is 11.8. The second kappa shape index (κ2) is 7.31. The lowest BCUT2D eigenvalue weighted by atomic mass is 10.3. The third kappa shape index (κ3) is 3.74. The molecule has 0 aromatic heterocycles. The third-order valence-corrected chi connectivity index (χ3v) is 2.45. The SMILES string of the molecule is O=C=Nc1ccccc1OC(=O)Oc1ccccc1N=C=O. The van der Waals surface area contributed by atoms with Crippen molar-refractivity contribution in [2.75, 3.05) is 0 Å². The van der Waals surface area contributed by atoms with Gasteiger partial charge in [0.05, 0.1) is 0 Å². The molecule has 2 aromatic rings. The zero-order chi connectivity index (χ0) is 15.8. The van der Waals surface area contributed by atoms with Gasteiger partial charge in [-0.2, -0.15) is 9.98 Å². The molecule has 7 nitrogen and oxygen atoms in total. The van der Waals surface area contributed by atoms with Crippen LogP contribution < -0.4 is 9.47 Å². The van der Waals surface area contributed by atoms with Crippen LogP contribution >= 0.6 is 0 Å². The summed E-state index contributed by atoms with van der Waals surface area (Å²) in [5.41, 5.74) is 0.266. The van der Waals surface area contributed by atoms with Gasteiger partial charge in [0.25, 0.3) is 0 Å². The van der Waals surface area contributed by atoms with Crippen molar-refractivity contribution in [1.29, 1.82) is 0 Å². The maximum atomic E-state index is 11.8. The summed E-state index contributed by atoms with van der Waals surface area (Å²) in [6.45, 7) is 0. The second-order valence-corrected chi connectivity index (χ2v) is 3.80. The maximum Gasteiger partial charge on any atom is 0.519 e. The zero-order valence-corrected chi connectivity index (χ0v) is 11.1. The van der Waals surface area contributed by atoms with E-state index in [1.165, 1.54) is 36.4 Å². The van der Waals surface area contributed by atoms with Crippen molar-refractivity contribution in [3.63, 3.8) is 0 Å². The van der Waals surface area contributed by atoms with E-state index in [2.05, 4.69) is 9.98 Å². The van der Waals surface area contributed by atoms with Crippen molar-refractivity contribution < 1.29 is 23.9 Å². The Morgan fingerprint density at radius 2 is 1.18 bits per heavy atom. The summed E-state index contributed by atoms with van der Waals surface area (Å²) in [6.07, 6.45) is 1.65. The number of isocyanates is 2. The fourth-order valence-electron chi connectivity index (χ4n) is 1.57. The lowest BCUT2D eigenvalue weighted by Crippen LogP contribution is -2.13. The molecule has 0 fully saturated rings. The summed E-state index contributed by atoms with van der Waals surface area (Å²) in [7, 11) is 0. The molecule has 0 spiro atoms. The van der Waals surface area contributed by atoms with Crippen LogP contribution in [0.4, 0.5) is 16.2 Å². The van der Waals surface area contributed by atoms with E-state index in [9.17, 15) is 14.4 Å². The van der Waals surface area contributed by atoms with Gasteiger partial charge in [0.1, 0.15) is 11.4 Å². The van der Waals surface area contributed by atoms with Crippen LogP contribution in [0.5, 0.6) is 11.5 Å². The number of hydrogen-bond acceptors (Lipinski definition) is 7. The quantitative estimate of drug-likeness (QED) is 0.373. The lowest BCUT2D eigenvalue weighted by molar-refractivity contribution is 0.152. The number of benzene rings is 2. The van der Waals surface area contributed by atoms with Crippen LogP contribution in [0.3, 0.4) is 0 Å². The molecular weight excluding hydrogens is 288 g/mol. The fourth-order valence-corrected chi connectivity index (χ4v) is 1.57. The molecule has 0 N–H and O–H groups in total. The van der Waals surface area contributed by atoms with Crippen LogP contribution in [0.25, 0.3) is 0 Å². The standard InChI is InChI=1S/C15H8N2O5/c18-9-16-11-5-1-3-7-13(11)21-15(20)22-14-8-4-2-6-12(14)17-10-19/h1-8H. The van der Waals surface area contributed by atoms with Crippen molar-refractivity contribution in [1.82, 2.24) is 0 Å². The normalized spacial score (nSPS) is 9.09. The van der Waals surface area contributed by atoms with Gasteiger partial charge in [-0.3, -0.25) is 0 Å². The lowest BCUT2D eigenvalue weighted by Gasteiger charge is -2.07. The molecule has 2 aromatic carbocycles. The van der Waals surface area contributed by atoms with E-state index in [0.717, 1.165) is 0 Å². The van der Waals surface area contributed by atoms with Gasteiger partial charge in [0, 0.05) is 0 Å². The minimum atomic E-state index is -1.07. The van der Waals surface area contributed by atoms with Crippen LogP contribution in [-0.4, -0.2) is 18.3 Å². The first-order valence-electron chi connectivity index (χ1n) is 5.98. The van der Waals surface area contributed by atoms with Crippen LogP contribution in [0, 0.1) is 0 Å². The van der Waals surface area contributed by atoms with E-state index in [1.807, 2.05) is 0 Å². The van der Waals surface area contributed by atoms with Gasteiger partial charge in [-0.15, -0.1) is 0 Å². The molecule has 0 aliphatic carbocycles. The van der Waals surface area contributed by atoms with Gasteiger partial charge >= 0.3 is 6.16 Å². The molecule has 0 heterocycles. The van der Waals surface area contributed by atoms with E-state index < -0.39 is 6.16 Å². The Morgan fingerprint density at radius 3 is 1.59 bits per heavy atom. The predicted molar refractivity (Wildman–Crippen MR) is 75.1 cm³/mol. The molecule has 0 bridgehead atoms. The summed E-state index contributed by atoms with van der Waals surface area (Å²) in [5.74, 6) is 0.0689. The molecule has 0 radical (unpaired) electrons. The Kier molecular flexibility index (Phi) is 4.94. The molecule has 2 rings (SSSR count). The highest BCUT2D eigenvalue weighted by Gasteiger charge is 2.13. The summed E-state index contributed by atoms with van der Waals surface area (Å²) in [5, 5.41) is 0. The number of rotatable bonds is 4. The van der Waals surface area contributed by atoms with Crippen LogP contribution in [-0.2, 0) is 9.59 Å². The minimum absolute atomic E-state index is 0.0345. The number of carbonyl (C=O) groups is 1. The van der Waals surface area contributed by atoms with Crippen molar-refractivity contribution in [2.45, 2.75) is 0 Å². The molecule has 0 saturated carbocycles. The van der Waals surface area contributed by atoms with E-state index in [1.54, 1.807) is 24.3 Å². The van der Waals surface area contributed by atoms with E-state index >= 15 is 0 Å². The number of para-hydroxylation sites is 4. The van der Waals surface area contributed by atoms with Gasteiger partial charge in [-0.1, -0.05) is 24.3 Å². The molecule has 0 aliphatic heterocycles. The smallest absolute Gasteiger partial charge is 0.392 e. The first kappa shape index (κ1) is 14.9. The highest BCUT2D eigenvalue weighted by Crippen LogP contribution is 2.29. The highest BCUT2D eigenvalue weighted by molar-refractivity contribution is 5.73. The van der Waals surface area contributed by atoms with Crippen LogP contribution in [0.1, 0.15) is 0 Å². The number of aliphatic imine (C=N–C) groups is 2. The molecule has 0 amide bonds. The summed E-state index contributed by atoms with van der Waals surface area (Å²) in [4.78, 5) is 39.2. The minimum Gasteiger partial charge on any atom is -0.392 e. The van der Waals surface area contributed by atoms with E-state index in [4.69, 9.17) is 9.47 Å². The summed E-state index contributed by atoms with van der Waals surface area (Å²) in [6, 6.07) is 12.2. The Morgan fingerprint density at radius 1 is 0.773 bits per heavy atom.